The molecule has 2 rings (SSSR count). The number of benzene rings is 1. The van der Waals surface area contributed by atoms with Crippen molar-refractivity contribution >= 4 is 17.3 Å². The van der Waals surface area contributed by atoms with Crippen molar-refractivity contribution in [1.82, 2.24) is 10.6 Å². The SMILES string of the molecule is CCNC(=NCc1c(OC)cc(OC)cc1OC)NCc1cccs1. The first-order valence-corrected chi connectivity index (χ1v) is 8.93. The molecule has 1 aromatic carbocycles. The van der Waals surface area contributed by atoms with Crippen LogP contribution in [0, 0.1) is 0 Å². The van der Waals surface area contributed by atoms with E-state index in [0.717, 1.165) is 24.6 Å². The van der Waals surface area contributed by atoms with Crippen LogP contribution in [0.4, 0.5) is 0 Å². The molecule has 0 bridgehead atoms. The summed E-state index contributed by atoms with van der Waals surface area (Å²) in [6.45, 7) is 3.99. The molecule has 25 heavy (non-hydrogen) atoms. The van der Waals surface area contributed by atoms with E-state index in [9.17, 15) is 0 Å². The van der Waals surface area contributed by atoms with Gasteiger partial charge in [0.1, 0.15) is 17.2 Å². The number of rotatable bonds is 8. The van der Waals surface area contributed by atoms with Crippen molar-refractivity contribution in [3.8, 4) is 17.2 Å². The molecule has 2 aromatic rings. The largest absolute Gasteiger partial charge is 0.496 e. The Bertz CT molecular complexity index is 662. The van der Waals surface area contributed by atoms with Gasteiger partial charge >= 0.3 is 0 Å². The predicted molar refractivity (Wildman–Crippen MR) is 102 cm³/mol. The van der Waals surface area contributed by atoms with Crippen molar-refractivity contribution < 1.29 is 14.2 Å². The Kier molecular flexibility index (Phi) is 7.40. The van der Waals surface area contributed by atoms with Gasteiger partial charge < -0.3 is 24.8 Å². The summed E-state index contributed by atoms with van der Waals surface area (Å²) in [5, 5.41) is 8.65. The molecule has 0 amide bonds. The molecule has 0 spiro atoms. The van der Waals surface area contributed by atoms with Crippen LogP contribution in [0.3, 0.4) is 0 Å². The van der Waals surface area contributed by atoms with Crippen LogP contribution in [0.25, 0.3) is 0 Å². The average molecular weight is 363 g/mol. The summed E-state index contributed by atoms with van der Waals surface area (Å²) in [5.74, 6) is 2.81. The lowest BCUT2D eigenvalue weighted by atomic mass is 10.1. The Morgan fingerprint density at radius 3 is 2.32 bits per heavy atom. The molecule has 0 unspecified atom stereocenters. The minimum absolute atomic E-state index is 0.427. The van der Waals surface area contributed by atoms with Gasteiger partial charge in [-0.25, -0.2) is 4.99 Å². The van der Waals surface area contributed by atoms with Gasteiger partial charge in [-0.3, -0.25) is 0 Å². The first kappa shape index (κ1) is 18.9. The van der Waals surface area contributed by atoms with Crippen molar-refractivity contribution in [2.45, 2.75) is 20.0 Å². The fraction of sp³-hybridized carbons (Fsp3) is 0.389. The zero-order valence-electron chi connectivity index (χ0n) is 15.1. The lowest BCUT2D eigenvalue weighted by Crippen LogP contribution is -2.36. The quantitative estimate of drug-likeness (QED) is 0.558. The van der Waals surface area contributed by atoms with E-state index in [0.29, 0.717) is 23.8 Å². The number of aliphatic imine (C=N–C) groups is 1. The average Bonchev–Trinajstić information content (AvgIpc) is 3.16. The molecular formula is C18H25N3O3S. The first-order valence-electron chi connectivity index (χ1n) is 8.05. The molecule has 6 nitrogen and oxygen atoms in total. The maximum Gasteiger partial charge on any atom is 0.191 e. The first-order chi connectivity index (χ1) is 12.2. The number of hydrogen-bond acceptors (Lipinski definition) is 5. The third kappa shape index (κ3) is 5.29. The molecule has 0 fully saturated rings. The highest BCUT2D eigenvalue weighted by Gasteiger charge is 2.13. The number of hydrogen-bond donors (Lipinski definition) is 2. The molecule has 0 aliphatic carbocycles. The zero-order chi connectivity index (χ0) is 18.1. The molecule has 0 radical (unpaired) electrons. The van der Waals surface area contributed by atoms with E-state index in [1.165, 1.54) is 4.88 Å². The van der Waals surface area contributed by atoms with Crippen molar-refractivity contribution in [1.29, 1.82) is 0 Å². The lowest BCUT2D eigenvalue weighted by Gasteiger charge is -2.15. The third-order valence-electron chi connectivity index (χ3n) is 3.57. The zero-order valence-corrected chi connectivity index (χ0v) is 15.9. The molecule has 136 valence electrons. The van der Waals surface area contributed by atoms with Crippen LogP contribution < -0.4 is 24.8 Å². The predicted octanol–water partition coefficient (Wildman–Crippen LogP) is 3.03. The van der Waals surface area contributed by atoms with Crippen LogP contribution in [0.5, 0.6) is 17.2 Å². The second kappa shape index (κ2) is 9.78. The van der Waals surface area contributed by atoms with Crippen LogP contribution in [-0.2, 0) is 13.1 Å². The van der Waals surface area contributed by atoms with Crippen molar-refractivity contribution in [2.75, 3.05) is 27.9 Å². The minimum atomic E-state index is 0.427. The van der Waals surface area contributed by atoms with Gasteiger partial charge in [-0.1, -0.05) is 6.07 Å². The molecular weight excluding hydrogens is 338 g/mol. The van der Waals surface area contributed by atoms with Crippen LogP contribution in [-0.4, -0.2) is 33.8 Å². The van der Waals surface area contributed by atoms with E-state index >= 15 is 0 Å². The second-order valence-corrected chi connectivity index (χ2v) is 6.17. The number of thiophene rings is 1. The molecule has 0 atom stereocenters. The Morgan fingerprint density at radius 2 is 1.80 bits per heavy atom. The second-order valence-electron chi connectivity index (χ2n) is 5.14. The van der Waals surface area contributed by atoms with Gasteiger partial charge in [0, 0.05) is 23.6 Å². The Hall–Kier alpha value is -2.41. The molecule has 0 saturated carbocycles. The summed E-state index contributed by atoms with van der Waals surface area (Å²) in [7, 11) is 4.87. The Balaban J connectivity index is 2.17. The van der Waals surface area contributed by atoms with E-state index < -0.39 is 0 Å². The minimum Gasteiger partial charge on any atom is -0.496 e. The van der Waals surface area contributed by atoms with Gasteiger partial charge in [-0.2, -0.15) is 0 Å². The number of nitrogens with zero attached hydrogens (tertiary/aromatic N) is 1. The number of nitrogens with one attached hydrogen (secondary N) is 2. The summed E-state index contributed by atoms with van der Waals surface area (Å²) in [6.07, 6.45) is 0. The number of methoxy groups -OCH3 is 3. The van der Waals surface area contributed by atoms with Crippen LogP contribution >= 0.6 is 11.3 Å². The van der Waals surface area contributed by atoms with Gasteiger partial charge in [0.2, 0.25) is 0 Å². The van der Waals surface area contributed by atoms with E-state index in [-0.39, 0.29) is 0 Å². The standard InChI is InChI=1S/C18H25N3O3S/c1-5-19-18(20-11-14-7-6-8-25-14)21-12-15-16(23-3)9-13(22-2)10-17(15)24-4/h6-10H,5,11-12H2,1-4H3,(H2,19,20,21). The van der Waals surface area contributed by atoms with Crippen LogP contribution in [0.15, 0.2) is 34.6 Å². The van der Waals surface area contributed by atoms with Gasteiger partial charge in [0.25, 0.3) is 0 Å². The van der Waals surface area contributed by atoms with E-state index in [4.69, 9.17) is 14.2 Å². The van der Waals surface area contributed by atoms with Crippen LogP contribution in [0.2, 0.25) is 0 Å². The van der Waals surface area contributed by atoms with Gasteiger partial charge in [0.15, 0.2) is 5.96 Å². The number of guanidine groups is 1. The van der Waals surface area contributed by atoms with E-state index in [1.54, 1.807) is 32.7 Å². The third-order valence-corrected chi connectivity index (χ3v) is 4.44. The van der Waals surface area contributed by atoms with Crippen LogP contribution in [0.1, 0.15) is 17.4 Å². The highest BCUT2D eigenvalue weighted by atomic mass is 32.1. The molecule has 0 saturated heterocycles. The van der Waals surface area contributed by atoms with Crippen molar-refractivity contribution in [3.05, 3.63) is 40.1 Å². The highest BCUT2D eigenvalue weighted by Crippen LogP contribution is 2.34. The topological polar surface area (TPSA) is 64.1 Å². The Morgan fingerprint density at radius 1 is 1.08 bits per heavy atom. The maximum absolute atomic E-state index is 5.47. The fourth-order valence-electron chi connectivity index (χ4n) is 2.32. The molecule has 1 heterocycles. The lowest BCUT2D eigenvalue weighted by molar-refractivity contribution is 0.369. The molecule has 2 N–H and O–H groups in total. The summed E-state index contributed by atoms with van der Waals surface area (Å²) >= 11 is 1.71. The summed E-state index contributed by atoms with van der Waals surface area (Å²) in [6, 6.07) is 7.80. The Labute approximate surface area is 152 Å². The van der Waals surface area contributed by atoms with Gasteiger partial charge in [0.05, 0.1) is 40.0 Å². The molecule has 0 aliphatic heterocycles. The molecule has 0 aliphatic rings. The van der Waals surface area contributed by atoms with Gasteiger partial charge in [-0.15, -0.1) is 11.3 Å². The molecule has 7 heteroatoms. The van der Waals surface area contributed by atoms with Crippen molar-refractivity contribution in [2.24, 2.45) is 4.99 Å². The highest BCUT2D eigenvalue weighted by molar-refractivity contribution is 7.09. The summed E-state index contributed by atoms with van der Waals surface area (Å²) in [4.78, 5) is 5.91. The molecule has 1 aromatic heterocycles. The smallest absolute Gasteiger partial charge is 0.191 e. The number of ether oxygens (including phenoxy) is 3. The van der Waals surface area contributed by atoms with E-state index in [1.807, 2.05) is 25.1 Å². The normalized spacial score (nSPS) is 11.1. The summed E-state index contributed by atoms with van der Waals surface area (Å²) < 4.78 is 16.2. The van der Waals surface area contributed by atoms with E-state index in [2.05, 4.69) is 27.1 Å². The summed E-state index contributed by atoms with van der Waals surface area (Å²) in [5.41, 5.74) is 0.874. The maximum atomic E-state index is 5.47. The monoisotopic (exact) mass is 363 g/mol. The van der Waals surface area contributed by atoms with Crippen molar-refractivity contribution in [3.63, 3.8) is 0 Å². The fourth-order valence-corrected chi connectivity index (χ4v) is 2.96. The van der Waals surface area contributed by atoms with Gasteiger partial charge in [-0.05, 0) is 18.4 Å².